The average molecular weight is 492 g/mol. The highest BCUT2D eigenvalue weighted by Crippen LogP contribution is 2.55. The predicted molar refractivity (Wildman–Crippen MR) is 141 cm³/mol. The molecule has 7 nitrogen and oxygen atoms in total. The first-order valence-corrected chi connectivity index (χ1v) is 12.9. The van der Waals surface area contributed by atoms with Gasteiger partial charge in [-0.2, -0.15) is 10.4 Å². The summed E-state index contributed by atoms with van der Waals surface area (Å²) in [6, 6.07) is 18.7. The highest BCUT2D eigenvalue weighted by molar-refractivity contribution is 6.05. The van der Waals surface area contributed by atoms with Crippen LogP contribution < -0.4 is 5.32 Å². The van der Waals surface area contributed by atoms with Gasteiger partial charge in [0.2, 0.25) is 0 Å². The number of ether oxygens (including phenoxy) is 1. The molecular formula is C30H29N5O2. The van der Waals surface area contributed by atoms with Gasteiger partial charge in [0.25, 0.3) is 5.91 Å². The maximum atomic E-state index is 13.1. The van der Waals surface area contributed by atoms with E-state index < -0.39 is 0 Å². The topological polar surface area (TPSA) is 92.8 Å². The molecule has 2 aromatic carbocycles. The third-order valence-corrected chi connectivity index (χ3v) is 7.77. The Morgan fingerprint density at radius 1 is 1.11 bits per heavy atom. The third-order valence-electron chi connectivity index (χ3n) is 7.77. The number of carbonyl (C=O) groups excluding carboxylic acids is 1. The number of benzene rings is 2. The fourth-order valence-electron chi connectivity index (χ4n) is 5.45. The van der Waals surface area contributed by atoms with E-state index in [-0.39, 0.29) is 12.1 Å². The molecule has 1 amide bonds. The Morgan fingerprint density at radius 3 is 2.70 bits per heavy atom. The molecule has 0 spiro atoms. The number of nitrogens with one attached hydrogen (secondary N) is 1. The predicted octanol–water partition coefficient (Wildman–Crippen LogP) is 6.14. The Bertz CT molecular complexity index is 1530. The second kappa shape index (κ2) is 9.45. The largest absolute Gasteiger partial charge is 0.356 e. The van der Waals surface area contributed by atoms with Crippen LogP contribution in [0.4, 0.5) is 5.69 Å². The fourth-order valence-corrected chi connectivity index (χ4v) is 5.45. The van der Waals surface area contributed by atoms with Gasteiger partial charge in [0.1, 0.15) is 11.8 Å². The van der Waals surface area contributed by atoms with Crippen LogP contribution >= 0.6 is 0 Å². The number of hydrogen-bond donors (Lipinski definition) is 1. The number of fused-ring (bicyclic) bond motifs is 1. The Morgan fingerprint density at radius 2 is 1.95 bits per heavy atom. The van der Waals surface area contributed by atoms with Gasteiger partial charge < -0.3 is 10.1 Å². The summed E-state index contributed by atoms with van der Waals surface area (Å²) >= 11 is 0. The van der Waals surface area contributed by atoms with Crippen molar-refractivity contribution < 1.29 is 9.53 Å². The van der Waals surface area contributed by atoms with E-state index in [4.69, 9.17) is 9.84 Å². The van der Waals surface area contributed by atoms with Crippen molar-refractivity contribution in [2.75, 3.05) is 11.9 Å². The van der Waals surface area contributed by atoms with E-state index in [9.17, 15) is 10.1 Å². The molecule has 1 saturated heterocycles. The molecular weight excluding hydrogens is 462 g/mol. The summed E-state index contributed by atoms with van der Waals surface area (Å²) < 4.78 is 8.14. The van der Waals surface area contributed by atoms with Gasteiger partial charge in [-0.3, -0.25) is 4.79 Å². The first kappa shape index (κ1) is 23.4. The standard InChI is InChI=1S/C30H29N5O2/c1-18-19(2)28(32-17-21(18)16-31)30(36)33-22-11-12-26-25(14-22)29(34-35(26)27-10-6-7-13-37-27)24-15-23(24)20-8-4-3-5-9-20/h3-5,8-9,11-12,14,17,23-24,27H,6-7,10,13,15H2,1-2H3,(H,33,36)/t23?,24-,27?/m1/s1. The van der Waals surface area contributed by atoms with Crippen LogP contribution in [0.2, 0.25) is 0 Å². The van der Waals surface area contributed by atoms with Gasteiger partial charge in [0.05, 0.1) is 16.8 Å². The minimum absolute atomic E-state index is 0.0622. The maximum Gasteiger partial charge on any atom is 0.274 e. The smallest absolute Gasteiger partial charge is 0.274 e. The second-order valence-electron chi connectivity index (χ2n) is 10.1. The SMILES string of the molecule is Cc1c(C#N)cnc(C(=O)Nc2ccc3c(c2)c([C@@H]2CC2c2ccccc2)nn3C2CCCCO2)c1C. The highest BCUT2D eigenvalue weighted by atomic mass is 16.5. The molecule has 37 heavy (non-hydrogen) atoms. The summed E-state index contributed by atoms with van der Waals surface area (Å²) in [7, 11) is 0. The van der Waals surface area contributed by atoms with Crippen LogP contribution in [0.15, 0.2) is 54.7 Å². The number of amides is 1. The molecule has 2 aliphatic rings. The number of anilines is 1. The zero-order chi connectivity index (χ0) is 25.5. The summed E-state index contributed by atoms with van der Waals surface area (Å²) in [5.41, 5.74) is 6.43. The van der Waals surface area contributed by atoms with Crippen molar-refractivity contribution in [3.63, 3.8) is 0 Å². The lowest BCUT2D eigenvalue weighted by Gasteiger charge is -2.23. The number of rotatable bonds is 5. The summed E-state index contributed by atoms with van der Waals surface area (Å²) in [6.45, 7) is 4.41. The van der Waals surface area contributed by atoms with E-state index in [0.717, 1.165) is 54.5 Å². The van der Waals surface area contributed by atoms with Gasteiger partial charge in [0.15, 0.2) is 6.23 Å². The van der Waals surface area contributed by atoms with Crippen LogP contribution in [0.1, 0.15) is 82.2 Å². The normalized spacial score (nSPS) is 20.9. The molecule has 1 aliphatic carbocycles. The molecule has 0 bridgehead atoms. The molecule has 3 heterocycles. The van der Waals surface area contributed by atoms with Crippen LogP contribution in [0.5, 0.6) is 0 Å². The molecule has 2 fully saturated rings. The zero-order valence-corrected chi connectivity index (χ0v) is 21.1. The number of pyridine rings is 1. The van der Waals surface area contributed by atoms with Crippen LogP contribution in [-0.2, 0) is 4.74 Å². The van der Waals surface area contributed by atoms with Crippen molar-refractivity contribution in [1.29, 1.82) is 5.26 Å². The number of carbonyl (C=O) groups is 1. The highest BCUT2D eigenvalue weighted by Gasteiger charge is 2.42. The Labute approximate surface area is 216 Å². The van der Waals surface area contributed by atoms with Crippen LogP contribution in [0, 0.1) is 25.2 Å². The summed E-state index contributed by atoms with van der Waals surface area (Å²) in [5, 5.41) is 18.4. The van der Waals surface area contributed by atoms with Gasteiger partial charge in [0, 0.05) is 29.8 Å². The molecule has 4 aromatic rings. The van der Waals surface area contributed by atoms with Crippen molar-refractivity contribution >= 4 is 22.5 Å². The number of hydrogen-bond acceptors (Lipinski definition) is 5. The van der Waals surface area contributed by atoms with Crippen molar-refractivity contribution in [2.45, 2.75) is 57.6 Å². The van der Waals surface area contributed by atoms with Gasteiger partial charge in [-0.15, -0.1) is 0 Å². The van der Waals surface area contributed by atoms with E-state index in [1.807, 2.05) is 42.8 Å². The monoisotopic (exact) mass is 491 g/mol. The maximum absolute atomic E-state index is 13.1. The fraction of sp³-hybridized carbons (Fsp3) is 0.333. The zero-order valence-electron chi connectivity index (χ0n) is 21.1. The van der Waals surface area contributed by atoms with Crippen LogP contribution in [0.25, 0.3) is 10.9 Å². The molecule has 0 radical (unpaired) electrons. The molecule has 3 atom stereocenters. The van der Waals surface area contributed by atoms with E-state index in [1.165, 1.54) is 11.8 Å². The molecule has 2 unspecified atom stereocenters. The number of nitriles is 1. The first-order valence-electron chi connectivity index (χ1n) is 12.9. The first-order chi connectivity index (χ1) is 18.0. The van der Waals surface area contributed by atoms with Gasteiger partial charge in [-0.1, -0.05) is 30.3 Å². The van der Waals surface area contributed by atoms with E-state index in [2.05, 4.69) is 40.6 Å². The van der Waals surface area contributed by atoms with Crippen molar-refractivity contribution in [1.82, 2.24) is 14.8 Å². The second-order valence-corrected chi connectivity index (χ2v) is 10.1. The summed E-state index contributed by atoms with van der Waals surface area (Å²) in [6.07, 6.45) is 5.62. The van der Waals surface area contributed by atoms with Gasteiger partial charge in [-0.25, -0.2) is 9.67 Å². The molecule has 1 saturated carbocycles. The van der Waals surface area contributed by atoms with E-state index in [0.29, 0.717) is 34.3 Å². The molecule has 1 aliphatic heterocycles. The lowest BCUT2D eigenvalue weighted by Crippen LogP contribution is -2.19. The van der Waals surface area contributed by atoms with Crippen LogP contribution in [-0.4, -0.2) is 27.3 Å². The van der Waals surface area contributed by atoms with Crippen molar-refractivity contribution in [2.24, 2.45) is 0 Å². The van der Waals surface area contributed by atoms with Crippen LogP contribution in [0.3, 0.4) is 0 Å². The van der Waals surface area contributed by atoms with Gasteiger partial charge >= 0.3 is 0 Å². The molecule has 2 aromatic heterocycles. The van der Waals surface area contributed by atoms with E-state index in [1.54, 1.807) is 0 Å². The number of nitrogens with zero attached hydrogens (tertiary/aromatic N) is 4. The Kier molecular flexibility index (Phi) is 5.97. The lowest BCUT2D eigenvalue weighted by molar-refractivity contribution is -0.0368. The average Bonchev–Trinajstić information content (AvgIpc) is 3.64. The molecule has 186 valence electrons. The molecule has 7 heteroatoms. The minimum atomic E-state index is -0.289. The van der Waals surface area contributed by atoms with E-state index >= 15 is 0 Å². The number of aromatic nitrogens is 3. The van der Waals surface area contributed by atoms with Crippen molar-refractivity contribution in [3.05, 3.63) is 88.4 Å². The Balaban J connectivity index is 1.35. The molecule has 6 rings (SSSR count). The van der Waals surface area contributed by atoms with Crippen molar-refractivity contribution in [3.8, 4) is 6.07 Å². The van der Waals surface area contributed by atoms with Gasteiger partial charge in [-0.05, 0) is 80.3 Å². The summed E-state index contributed by atoms with van der Waals surface area (Å²) in [5.74, 6) is 0.500. The minimum Gasteiger partial charge on any atom is -0.356 e. The quantitative estimate of drug-likeness (QED) is 0.362. The third kappa shape index (κ3) is 4.28. The molecule has 1 N–H and O–H groups in total. The summed E-state index contributed by atoms with van der Waals surface area (Å²) in [4.78, 5) is 17.4. The lowest BCUT2D eigenvalue weighted by atomic mass is 10.0. The Hall–Kier alpha value is -4.02.